The van der Waals surface area contributed by atoms with Crippen LogP contribution in [0.1, 0.15) is 48.6 Å². The summed E-state index contributed by atoms with van der Waals surface area (Å²) in [5, 5.41) is 22.2. The van der Waals surface area contributed by atoms with Gasteiger partial charge in [-0.15, -0.1) is 0 Å². The molecule has 4 rings (SSSR count). The first-order chi connectivity index (χ1) is 21.2. The molecular weight excluding hydrogens is 666 g/mol. The molecule has 18 heteroatoms. The highest BCUT2D eigenvalue weighted by atomic mass is 32.2. The van der Waals surface area contributed by atoms with Gasteiger partial charge in [-0.1, -0.05) is 13.8 Å². The zero-order valence-electron chi connectivity index (χ0n) is 24.6. The summed E-state index contributed by atoms with van der Waals surface area (Å²) >= 11 is 0. The van der Waals surface area contributed by atoms with E-state index in [2.05, 4.69) is 9.97 Å². The summed E-state index contributed by atoms with van der Waals surface area (Å²) in [4.78, 5) is 6.93. The highest BCUT2D eigenvalue weighted by Crippen LogP contribution is 2.39. The molecule has 0 saturated heterocycles. The largest absolute Gasteiger partial charge is 0.416 e. The molecule has 2 aromatic carbocycles. The van der Waals surface area contributed by atoms with Crippen LogP contribution in [0.2, 0.25) is 0 Å². The highest BCUT2D eigenvalue weighted by Gasteiger charge is 2.36. The van der Waals surface area contributed by atoms with E-state index in [-0.39, 0.29) is 34.2 Å². The Labute approximate surface area is 259 Å². The Bertz CT molecular complexity index is 1860. The number of aromatic nitrogens is 4. The van der Waals surface area contributed by atoms with Gasteiger partial charge >= 0.3 is 12.4 Å². The zero-order chi connectivity index (χ0) is 34.6. The summed E-state index contributed by atoms with van der Waals surface area (Å²) in [6, 6.07) is 4.27. The van der Waals surface area contributed by atoms with Crippen molar-refractivity contribution >= 4 is 19.7 Å². The Kier molecular flexibility index (Phi) is 9.26. The third kappa shape index (κ3) is 6.43. The lowest BCUT2D eigenvalue weighted by Crippen LogP contribution is -2.17. The molecular formula is C28H28F6N4O6S2. The van der Waals surface area contributed by atoms with Gasteiger partial charge in [0, 0.05) is 25.2 Å². The molecule has 2 aromatic heterocycles. The molecule has 2 unspecified atom stereocenters. The molecule has 0 radical (unpaired) electrons. The monoisotopic (exact) mass is 694 g/mol. The minimum atomic E-state index is -4.83. The standard InChI is InChI=1S/C28H28F6N4O6S2/c1-5-45(41,42)21-11-15(27(29,30)31)7-9-17(21)25-35-13-19(37(25)3)23(39)24(40)20-14-36-26(38(20)4)18-10-8-16(28(32,33)34)12-22(18)46(43,44)6-2/h7-14,23-24,39-40H,5-6H2,1-4H3. The van der Waals surface area contributed by atoms with E-state index in [0.29, 0.717) is 24.3 Å². The molecule has 2 heterocycles. The molecule has 0 saturated carbocycles. The Morgan fingerprint density at radius 1 is 0.674 bits per heavy atom. The number of halogens is 6. The molecule has 46 heavy (non-hydrogen) atoms. The molecule has 250 valence electrons. The van der Waals surface area contributed by atoms with Crippen molar-refractivity contribution in [3.05, 3.63) is 71.3 Å². The van der Waals surface area contributed by atoms with Crippen molar-refractivity contribution in [2.75, 3.05) is 11.5 Å². The summed E-state index contributed by atoms with van der Waals surface area (Å²) < 4.78 is 134. The van der Waals surface area contributed by atoms with Gasteiger partial charge in [0.1, 0.15) is 23.9 Å². The predicted molar refractivity (Wildman–Crippen MR) is 153 cm³/mol. The van der Waals surface area contributed by atoms with E-state index in [4.69, 9.17) is 0 Å². The number of benzene rings is 2. The zero-order valence-corrected chi connectivity index (χ0v) is 26.2. The average Bonchev–Trinajstić information content (AvgIpc) is 3.56. The van der Waals surface area contributed by atoms with E-state index in [9.17, 15) is 53.4 Å². The Morgan fingerprint density at radius 2 is 1.00 bits per heavy atom. The fourth-order valence-electron chi connectivity index (χ4n) is 4.81. The van der Waals surface area contributed by atoms with Crippen LogP contribution in [0.4, 0.5) is 26.3 Å². The SMILES string of the molecule is CCS(=O)(=O)c1cc(C(F)(F)F)ccc1-c1ncc(C(O)C(O)c2cnc(-c3ccc(C(F)(F)F)cc3S(=O)(=O)CC)n2C)n1C. The van der Waals surface area contributed by atoms with Crippen molar-refractivity contribution in [1.82, 2.24) is 19.1 Å². The molecule has 4 aromatic rings. The summed E-state index contributed by atoms with van der Waals surface area (Å²) in [7, 11) is -5.69. The molecule has 0 aliphatic carbocycles. The summed E-state index contributed by atoms with van der Waals surface area (Å²) in [5.74, 6) is -1.29. The second-order valence-electron chi connectivity index (χ2n) is 10.2. The van der Waals surface area contributed by atoms with Gasteiger partial charge in [-0.3, -0.25) is 0 Å². The van der Waals surface area contributed by atoms with Gasteiger partial charge in [-0.2, -0.15) is 26.3 Å². The summed E-state index contributed by atoms with van der Waals surface area (Å²) in [5.41, 5.74) is -2.92. The normalized spacial score (nSPS) is 14.4. The van der Waals surface area contributed by atoms with Crippen LogP contribution in [0.3, 0.4) is 0 Å². The van der Waals surface area contributed by atoms with Crippen molar-refractivity contribution in [2.45, 2.75) is 48.2 Å². The second-order valence-corrected chi connectivity index (χ2v) is 14.7. The van der Waals surface area contributed by atoms with Crippen LogP contribution in [0, 0.1) is 0 Å². The molecule has 0 fully saturated rings. The van der Waals surface area contributed by atoms with E-state index in [0.717, 1.165) is 24.5 Å². The van der Waals surface area contributed by atoms with E-state index in [1.54, 1.807) is 0 Å². The van der Waals surface area contributed by atoms with Crippen LogP contribution in [-0.4, -0.2) is 57.7 Å². The van der Waals surface area contributed by atoms with E-state index in [1.165, 1.54) is 37.1 Å². The van der Waals surface area contributed by atoms with Gasteiger partial charge in [0.05, 0.1) is 56.2 Å². The van der Waals surface area contributed by atoms with Crippen molar-refractivity contribution in [3.8, 4) is 22.8 Å². The van der Waals surface area contributed by atoms with Crippen molar-refractivity contribution in [1.29, 1.82) is 0 Å². The number of sulfone groups is 2. The second kappa shape index (κ2) is 12.1. The fraction of sp³-hybridized carbons (Fsp3) is 0.357. The van der Waals surface area contributed by atoms with Crippen LogP contribution < -0.4 is 0 Å². The predicted octanol–water partition coefficient (Wildman–Crippen LogP) is 4.88. The van der Waals surface area contributed by atoms with Crippen molar-refractivity contribution < 1.29 is 53.4 Å². The van der Waals surface area contributed by atoms with E-state index in [1.807, 2.05) is 0 Å². The minimum Gasteiger partial charge on any atom is -0.384 e. The molecule has 0 aliphatic heterocycles. The third-order valence-electron chi connectivity index (χ3n) is 7.48. The summed E-state index contributed by atoms with van der Waals surface area (Å²) in [6.45, 7) is 2.52. The molecule has 0 aliphatic rings. The smallest absolute Gasteiger partial charge is 0.384 e. The van der Waals surface area contributed by atoms with E-state index < -0.39 is 76.7 Å². The fourth-order valence-corrected chi connectivity index (χ4v) is 7.04. The molecule has 0 spiro atoms. The lowest BCUT2D eigenvalue weighted by atomic mass is 10.1. The molecule has 0 amide bonds. The van der Waals surface area contributed by atoms with E-state index >= 15 is 0 Å². The topological polar surface area (TPSA) is 144 Å². The van der Waals surface area contributed by atoms with Crippen LogP contribution in [-0.2, 0) is 46.1 Å². The first kappa shape index (κ1) is 35.1. The Morgan fingerprint density at radius 3 is 1.28 bits per heavy atom. The van der Waals surface area contributed by atoms with Gasteiger partial charge in [-0.25, -0.2) is 26.8 Å². The van der Waals surface area contributed by atoms with Gasteiger partial charge in [0.15, 0.2) is 19.7 Å². The first-order valence-corrected chi connectivity index (χ1v) is 16.7. The number of hydrogen-bond donors (Lipinski definition) is 2. The van der Waals surface area contributed by atoms with Gasteiger partial charge < -0.3 is 19.3 Å². The lowest BCUT2D eigenvalue weighted by molar-refractivity contribution is -0.138. The minimum absolute atomic E-state index is 0.0891. The Balaban J connectivity index is 1.76. The average molecular weight is 695 g/mol. The number of alkyl halides is 6. The number of hydrogen-bond acceptors (Lipinski definition) is 8. The number of rotatable bonds is 9. The number of imidazole rings is 2. The maximum atomic E-state index is 13.4. The molecule has 10 nitrogen and oxygen atoms in total. The lowest BCUT2D eigenvalue weighted by Gasteiger charge is -2.20. The number of aliphatic hydroxyl groups excluding tert-OH is 2. The maximum Gasteiger partial charge on any atom is 0.416 e. The van der Waals surface area contributed by atoms with Gasteiger partial charge in [0.25, 0.3) is 0 Å². The number of aliphatic hydroxyl groups is 2. The van der Waals surface area contributed by atoms with Crippen molar-refractivity contribution in [2.24, 2.45) is 14.1 Å². The van der Waals surface area contributed by atoms with Gasteiger partial charge in [-0.05, 0) is 36.4 Å². The van der Waals surface area contributed by atoms with Crippen molar-refractivity contribution in [3.63, 3.8) is 0 Å². The van der Waals surface area contributed by atoms with Crippen LogP contribution in [0.5, 0.6) is 0 Å². The van der Waals surface area contributed by atoms with Crippen LogP contribution >= 0.6 is 0 Å². The molecule has 0 bridgehead atoms. The number of nitrogens with zero attached hydrogens (tertiary/aromatic N) is 4. The Hall–Kier alpha value is -3.74. The quantitative estimate of drug-likeness (QED) is 0.236. The summed E-state index contributed by atoms with van der Waals surface area (Å²) in [6.07, 6.45) is -11.1. The molecule has 2 atom stereocenters. The van der Waals surface area contributed by atoms with Gasteiger partial charge in [0.2, 0.25) is 0 Å². The molecule has 2 N–H and O–H groups in total. The highest BCUT2D eigenvalue weighted by molar-refractivity contribution is 7.91. The van der Waals surface area contributed by atoms with Crippen LogP contribution in [0.25, 0.3) is 22.8 Å². The first-order valence-electron chi connectivity index (χ1n) is 13.4. The maximum absolute atomic E-state index is 13.4. The van der Waals surface area contributed by atoms with Crippen LogP contribution in [0.15, 0.2) is 58.6 Å². The third-order valence-corrected chi connectivity index (χ3v) is 11.0.